The molecule has 2 atom stereocenters. The summed E-state index contributed by atoms with van der Waals surface area (Å²) >= 11 is 0. The van der Waals surface area contributed by atoms with Crippen LogP contribution in [0.5, 0.6) is 0 Å². The Balaban J connectivity index is 2.46. The van der Waals surface area contributed by atoms with Crippen molar-refractivity contribution in [1.29, 1.82) is 0 Å². The molecule has 0 saturated heterocycles. The quantitative estimate of drug-likeness (QED) is 0.675. The molecule has 0 aromatic rings. The van der Waals surface area contributed by atoms with E-state index in [-0.39, 0.29) is 5.92 Å². The molecule has 0 spiro atoms. The number of nitrogens with one attached hydrogen (secondary N) is 1. The van der Waals surface area contributed by atoms with E-state index in [1.54, 1.807) is 0 Å². The van der Waals surface area contributed by atoms with Gasteiger partial charge in [0, 0.05) is 6.04 Å². The molecular weight excluding hydrogens is 178 g/mol. The van der Waals surface area contributed by atoms with Crippen LogP contribution in [0.2, 0.25) is 0 Å². The van der Waals surface area contributed by atoms with E-state index in [1.165, 1.54) is 0 Å². The SMILES string of the molecule is CC(C)C(NC1CC=CCC1)C(=O)O. The van der Waals surface area contributed by atoms with E-state index in [9.17, 15) is 4.79 Å². The van der Waals surface area contributed by atoms with Crippen molar-refractivity contribution in [3.8, 4) is 0 Å². The third-order valence-corrected chi connectivity index (χ3v) is 2.62. The molecule has 3 nitrogen and oxygen atoms in total. The average Bonchev–Trinajstić information content (AvgIpc) is 2.15. The third-order valence-electron chi connectivity index (χ3n) is 2.62. The second-order valence-electron chi connectivity index (χ2n) is 4.21. The molecular formula is C11H19NO2. The Labute approximate surface area is 85.2 Å². The van der Waals surface area contributed by atoms with E-state index >= 15 is 0 Å². The molecule has 0 saturated carbocycles. The summed E-state index contributed by atoms with van der Waals surface area (Å²) in [4.78, 5) is 10.9. The molecule has 0 aromatic carbocycles. The lowest BCUT2D eigenvalue weighted by molar-refractivity contribution is -0.140. The van der Waals surface area contributed by atoms with Crippen LogP contribution < -0.4 is 5.32 Å². The van der Waals surface area contributed by atoms with Crippen molar-refractivity contribution in [1.82, 2.24) is 5.32 Å². The summed E-state index contributed by atoms with van der Waals surface area (Å²) in [6, 6.07) is -0.0741. The summed E-state index contributed by atoms with van der Waals surface area (Å²) < 4.78 is 0. The number of carboxylic acid groups (broad SMARTS) is 1. The highest BCUT2D eigenvalue weighted by Gasteiger charge is 2.24. The molecule has 2 N–H and O–H groups in total. The van der Waals surface area contributed by atoms with Crippen LogP contribution in [0.3, 0.4) is 0 Å². The summed E-state index contributed by atoms with van der Waals surface area (Å²) in [5, 5.41) is 12.2. The highest BCUT2D eigenvalue weighted by Crippen LogP contribution is 2.13. The van der Waals surface area contributed by atoms with Crippen LogP contribution in [-0.4, -0.2) is 23.2 Å². The Bertz CT molecular complexity index is 223. The molecule has 1 aliphatic carbocycles. The Hall–Kier alpha value is -0.830. The minimum absolute atomic E-state index is 0.137. The van der Waals surface area contributed by atoms with E-state index in [4.69, 9.17) is 5.11 Å². The number of allylic oxidation sites excluding steroid dienone is 1. The highest BCUT2D eigenvalue weighted by atomic mass is 16.4. The Kier molecular flexibility index (Phi) is 4.14. The van der Waals surface area contributed by atoms with Crippen LogP contribution in [0, 0.1) is 5.92 Å². The number of hydrogen-bond acceptors (Lipinski definition) is 2. The lowest BCUT2D eigenvalue weighted by atomic mass is 9.98. The summed E-state index contributed by atoms with van der Waals surface area (Å²) in [6.07, 6.45) is 7.34. The van der Waals surface area contributed by atoms with E-state index in [2.05, 4.69) is 17.5 Å². The zero-order valence-corrected chi connectivity index (χ0v) is 8.86. The molecule has 1 aliphatic rings. The molecule has 1 rings (SSSR count). The van der Waals surface area contributed by atoms with E-state index in [0.717, 1.165) is 19.3 Å². The molecule has 0 fully saturated rings. The van der Waals surface area contributed by atoms with Gasteiger partial charge in [0.15, 0.2) is 0 Å². The van der Waals surface area contributed by atoms with Crippen LogP contribution in [0.1, 0.15) is 33.1 Å². The van der Waals surface area contributed by atoms with E-state index in [1.807, 2.05) is 13.8 Å². The molecule has 0 aliphatic heterocycles. The molecule has 0 aromatic heterocycles. The predicted molar refractivity (Wildman–Crippen MR) is 56.2 cm³/mol. The third kappa shape index (κ3) is 3.14. The van der Waals surface area contributed by atoms with Crippen molar-refractivity contribution in [2.75, 3.05) is 0 Å². The molecule has 0 heterocycles. The van der Waals surface area contributed by atoms with Gasteiger partial charge in [-0.05, 0) is 25.2 Å². The Morgan fingerprint density at radius 2 is 2.21 bits per heavy atom. The normalized spacial score (nSPS) is 23.8. The topological polar surface area (TPSA) is 49.3 Å². The van der Waals surface area contributed by atoms with Gasteiger partial charge in [0.25, 0.3) is 0 Å². The molecule has 0 bridgehead atoms. The lowest BCUT2D eigenvalue weighted by Crippen LogP contribution is -2.46. The van der Waals surface area contributed by atoms with Gasteiger partial charge in [-0.2, -0.15) is 0 Å². The first-order valence-electron chi connectivity index (χ1n) is 5.25. The summed E-state index contributed by atoms with van der Waals surface area (Å²) in [5.41, 5.74) is 0. The fraction of sp³-hybridized carbons (Fsp3) is 0.727. The summed E-state index contributed by atoms with van der Waals surface area (Å²) in [5.74, 6) is -0.604. The van der Waals surface area contributed by atoms with Gasteiger partial charge in [0.2, 0.25) is 0 Å². The van der Waals surface area contributed by atoms with E-state index in [0.29, 0.717) is 6.04 Å². The lowest BCUT2D eigenvalue weighted by Gasteiger charge is -2.26. The second kappa shape index (κ2) is 5.15. The first-order chi connectivity index (χ1) is 6.61. The van der Waals surface area contributed by atoms with Gasteiger partial charge in [-0.1, -0.05) is 26.0 Å². The monoisotopic (exact) mass is 197 g/mol. The standard InChI is InChI=1S/C11H19NO2/c1-8(2)10(11(13)14)12-9-6-4-3-5-7-9/h3-4,8-10,12H,5-7H2,1-2H3,(H,13,14). The number of carboxylic acids is 1. The summed E-state index contributed by atoms with van der Waals surface area (Å²) in [7, 11) is 0. The van der Waals surface area contributed by atoms with Crippen molar-refractivity contribution in [2.45, 2.75) is 45.2 Å². The number of carbonyl (C=O) groups is 1. The van der Waals surface area contributed by atoms with Crippen LogP contribution in [0.25, 0.3) is 0 Å². The largest absolute Gasteiger partial charge is 0.480 e. The molecule has 14 heavy (non-hydrogen) atoms. The maximum atomic E-state index is 10.9. The van der Waals surface area contributed by atoms with Gasteiger partial charge in [-0.3, -0.25) is 4.79 Å². The van der Waals surface area contributed by atoms with Crippen molar-refractivity contribution >= 4 is 5.97 Å². The summed E-state index contributed by atoms with van der Waals surface area (Å²) in [6.45, 7) is 3.87. The van der Waals surface area contributed by atoms with Crippen molar-refractivity contribution < 1.29 is 9.90 Å². The van der Waals surface area contributed by atoms with Crippen LogP contribution in [0.4, 0.5) is 0 Å². The number of rotatable bonds is 4. The van der Waals surface area contributed by atoms with Gasteiger partial charge < -0.3 is 10.4 Å². The highest BCUT2D eigenvalue weighted by molar-refractivity contribution is 5.73. The Morgan fingerprint density at radius 1 is 1.50 bits per heavy atom. The molecule has 2 unspecified atom stereocenters. The van der Waals surface area contributed by atoms with Gasteiger partial charge >= 0.3 is 5.97 Å². The van der Waals surface area contributed by atoms with Crippen LogP contribution in [-0.2, 0) is 4.79 Å². The van der Waals surface area contributed by atoms with E-state index < -0.39 is 12.0 Å². The van der Waals surface area contributed by atoms with Crippen LogP contribution in [0.15, 0.2) is 12.2 Å². The molecule has 3 heteroatoms. The molecule has 80 valence electrons. The second-order valence-corrected chi connectivity index (χ2v) is 4.21. The zero-order chi connectivity index (χ0) is 10.6. The minimum Gasteiger partial charge on any atom is -0.480 e. The van der Waals surface area contributed by atoms with Crippen molar-refractivity contribution in [2.24, 2.45) is 5.92 Å². The maximum absolute atomic E-state index is 10.9. The fourth-order valence-electron chi connectivity index (χ4n) is 1.75. The zero-order valence-electron chi connectivity index (χ0n) is 8.86. The van der Waals surface area contributed by atoms with Gasteiger partial charge in [0.1, 0.15) is 6.04 Å². The van der Waals surface area contributed by atoms with Gasteiger partial charge in [0.05, 0.1) is 0 Å². The van der Waals surface area contributed by atoms with Crippen LogP contribution >= 0.6 is 0 Å². The predicted octanol–water partition coefficient (Wildman–Crippen LogP) is 1.79. The smallest absolute Gasteiger partial charge is 0.320 e. The average molecular weight is 197 g/mol. The number of hydrogen-bond donors (Lipinski definition) is 2. The maximum Gasteiger partial charge on any atom is 0.320 e. The van der Waals surface area contributed by atoms with Gasteiger partial charge in [-0.25, -0.2) is 0 Å². The molecule has 0 amide bonds. The van der Waals surface area contributed by atoms with Crippen molar-refractivity contribution in [3.05, 3.63) is 12.2 Å². The van der Waals surface area contributed by atoms with Crippen molar-refractivity contribution in [3.63, 3.8) is 0 Å². The fourth-order valence-corrected chi connectivity index (χ4v) is 1.75. The number of aliphatic carboxylic acids is 1. The van der Waals surface area contributed by atoms with Gasteiger partial charge in [-0.15, -0.1) is 0 Å². The molecule has 0 radical (unpaired) electrons. The minimum atomic E-state index is -0.741. The Morgan fingerprint density at radius 3 is 2.64 bits per heavy atom. The first kappa shape index (κ1) is 11.2. The first-order valence-corrected chi connectivity index (χ1v) is 5.25.